The zero-order chi connectivity index (χ0) is 12.8. The van der Waals surface area contributed by atoms with Crippen LogP contribution in [-0.2, 0) is 21.4 Å². The molecule has 1 aliphatic carbocycles. The van der Waals surface area contributed by atoms with E-state index in [0.29, 0.717) is 0 Å². The number of halogens is 2. The van der Waals surface area contributed by atoms with E-state index in [1.807, 2.05) is 0 Å². The second-order valence-electron chi connectivity index (χ2n) is 3.92. The van der Waals surface area contributed by atoms with Crippen molar-refractivity contribution in [3.63, 3.8) is 0 Å². The Balaban J connectivity index is 0.000000367. The fraction of sp³-hybridized carbons (Fsp3) is 0.0667. The van der Waals surface area contributed by atoms with Crippen LogP contribution in [0.5, 0.6) is 0 Å². The molecule has 0 amide bonds. The summed E-state index contributed by atoms with van der Waals surface area (Å²) in [4.78, 5) is 0. The van der Waals surface area contributed by atoms with Gasteiger partial charge >= 0.3 is 41.3 Å². The number of hydrogen-bond donors (Lipinski definition) is 0. The molecule has 3 heteroatoms. The Morgan fingerprint density at radius 3 is 2.33 bits per heavy atom. The van der Waals surface area contributed by atoms with Gasteiger partial charge in [-0.3, -0.25) is 0 Å². The van der Waals surface area contributed by atoms with E-state index in [-0.39, 0.29) is 15.0 Å². The molecule has 0 bridgehead atoms. The van der Waals surface area contributed by atoms with Gasteiger partial charge in [0.05, 0.1) is 0 Å². The number of fused-ring (bicyclic) bond motifs is 1. The minimum absolute atomic E-state index is 0.125. The quantitative estimate of drug-likeness (QED) is 0.546. The maximum atomic E-state index is 3.19. The molecule has 0 heterocycles. The van der Waals surface area contributed by atoms with Crippen molar-refractivity contribution in [2.75, 3.05) is 0 Å². The van der Waals surface area contributed by atoms with Crippen molar-refractivity contribution in [2.24, 2.45) is 0 Å². The van der Waals surface area contributed by atoms with Crippen LogP contribution in [0.4, 0.5) is 0 Å². The van der Waals surface area contributed by atoms with Gasteiger partial charge < -0.3 is 0 Å². The number of hydrogen-bond acceptors (Lipinski definition) is 0. The summed E-state index contributed by atoms with van der Waals surface area (Å²) in [6.45, 7) is 0. The molecule has 0 unspecified atom stereocenters. The molecule has 18 heavy (non-hydrogen) atoms. The number of rotatable bonds is 1. The van der Waals surface area contributed by atoms with Gasteiger partial charge in [0, 0.05) is 0 Å². The van der Waals surface area contributed by atoms with Gasteiger partial charge in [0.1, 0.15) is 0 Å². The molecule has 2 aromatic carbocycles. The standard InChI is InChI=1S/C15H12.2BrH.Ti/c1-2-6-12(7-3-1)14-10-4-8-13-9-5-11-15(13)14;;;/h1-8,10-11H,9H2;2*1H;/q;;;+2/p-2. The molecule has 0 nitrogen and oxygen atoms in total. The van der Waals surface area contributed by atoms with E-state index in [0.717, 1.165) is 6.42 Å². The predicted molar refractivity (Wildman–Crippen MR) is 82.5 cm³/mol. The molecule has 0 saturated carbocycles. The van der Waals surface area contributed by atoms with Crippen molar-refractivity contribution >= 4 is 32.4 Å². The molecule has 0 fully saturated rings. The van der Waals surface area contributed by atoms with E-state index in [1.54, 1.807) is 0 Å². The Labute approximate surface area is 130 Å². The molecule has 0 aromatic heterocycles. The number of benzene rings is 2. The molecular weight excluding hydrogens is 388 g/mol. The third-order valence-corrected chi connectivity index (χ3v) is 2.90. The average Bonchev–Trinajstić information content (AvgIpc) is 2.89. The first kappa shape index (κ1) is 14.3. The Kier molecular flexibility index (Phi) is 5.90. The van der Waals surface area contributed by atoms with Crippen LogP contribution in [-0.4, -0.2) is 0 Å². The van der Waals surface area contributed by atoms with Crippen molar-refractivity contribution in [1.29, 1.82) is 0 Å². The van der Waals surface area contributed by atoms with E-state index in [1.165, 1.54) is 22.3 Å². The first-order valence-electron chi connectivity index (χ1n) is 5.67. The van der Waals surface area contributed by atoms with E-state index < -0.39 is 0 Å². The summed E-state index contributed by atoms with van der Waals surface area (Å²) in [5.41, 5.74) is 5.49. The maximum absolute atomic E-state index is 3.19. The summed E-state index contributed by atoms with van der Waals surface area (Å²) < 4.78 is 0. The van der Waals surface area contributed by atoms with Gasteiger partial charge in [-0.25, -0.2) is 0 Å². The van der Waals surface area contributed by atoms with Crippen LogP contribution >= 0.6 is 26.3 Å². The van der Waals surface area contributed by atoms with Crippen LogP contribution in [0.2, 0.25) is 0 Å². The van der Waals surface area contributed by atoms with Crippen LogP contribution in [0, 0.1) is 0 Å². The van der Waals surface area contributed by atoms with Crippen molar-refractivity contribution in [3.05, 3.63) is 65.7 Å². The van der Waals surface area contributed by atoms with E-state index in [9.17, 15) is 0 Å². The van der Waals surface area contributed by atoms with Crippen LogP contribution in [0.1, 0.15) is 11.1 Å². The average molecular weight is 400 g/mol. The van der Waals surface area contributed by atoms with Crippen LogP contribution < -0.4 is 0 Å². The molecule has 0 spiro atoms. The molecule has 0 radical (unpaired) electrons. The first-order valence-corrected chi connectivity index (χ1v) is 13.4. The SMILES string of the molecule is C1=Cc2c(cccc2-c2ccccc2)C1.[Br][Ti][Br]. The van der Waals surface area contributed by atoms with Gasteiger partial charge in [0.15, 0.2) is 0 Å². The van der Waals surface area contributed by atoms with E-state index in [4.69, 9.17) is 0 Å². The van der Waals surface area contributed by atoms with Gasteiger partial charge in [0.25, 0.3) is 0 Å². The third kappa shape index (κ3) is 3.45. The fourth-order valence-electron chi connectivity index (χ4n) is 2.16. The van der Waals surface area contributed by atoms with Gasteiger partial charge in [-0.05, 0) is 28.7 Å². The summed E-state index contributed by atoms with van der Waals surface area (Å²) in [7, 11) is 0. The summed E-state index contributed by atoms with van der Waals surface area (Å²) in [6, 6.07) is 17.1. The summed E-state index contributed by atoms with van der Waals surface area (Å²) in [5.74, 6) is 0. The Bertz CT molecular complexity index is 535. The molecule has 1 aliphatic rings. The Morgan fingerprint density at radius 1 is 0.889 bits per heavy atom. The van der Waals surface area contributed by atoms with Gasteiger partial charge in [-0.15, -0.1) is 0 Å². The molecule has 0 N–H and O–H groups in total. The number of allylic oxidation sites excluding steroid dienone is 1. The second-order valence-corrected chi connectivity index (χ2v) is 11.8. The van der Waals surface area contributed by atoms with Crippen molar-refractivity contribution < 1.29 is 15.0 Å². The monoisotopic (exact) mass is 398 g/mol. The molecule has 0 aliphatic heterocycles. The van der Waals surface area contributed by atoms with Gasteiger partial charge in [0.2, 0.25) is 0 Å². The van der Waals surface area contributed by atoms with E-state index >= 15 is 0 Å². The first-order chi connectivity index (χ1) is 8.86. The minimum atomic E-state index is 0.125. The zero-order valence-electron chi connectivity index (χ0n) is 9.74. The van der Waals surface area contributed by atoms with Crippen molar-refractivity contribution in [1.82, 2.24) is 0 Å². The molecular formula is C15H12Br2Ti. The Hall–Kier alpha value is -0.146. The molecule has 2 aromatic rings. The normalized spacial score (nSPS) is 11.4. The second kappa shape index (κ2) is 7.45. The van der Waals surface area contributed by atoms with Crippen LogP contribution in [0.25, 0.3) is 17.2 Å². The molecule has 3 rings (SSSR count). The Morgan fingerprint density at radius 2 is 1.61 bits per heavy atom. The van der Waals surface area contributed by atoms with Crippen molar-refractivity contribution in [3.8, 4) is 11.1 Å². The van der Waals surface area contributed by atoms with Crippen LogP contribution in [0.15, 0.2) is 54.6 Å². The topological polar surface area (TPSA) is 0 Å². The van der Waals surface area contributed by atoms with Gasteiger partial charge in [-0.1, -0.05) is 60.7 Å². The van der Waals surface area contributed by atoms with Gasteiger partial charge in [-0.2, -0.15) is 0 Å². The zero-order valence-corrected chi connectivity index (χ0v) is 14.5. The van der Waals surface area contributed by atoms with Crippen LogP contribution in [0.3, 0.4) is 0 Å². The third-order valence-electron chi connectivity index (χ3n) is 2.90. The fourth-order valence-corrected chi connectivity index (χ4v) is 2.16. The summed E-state index contributed by atoms with van der Waals surface area (Å²) >= 11 is 6.50. The summed E-state index contributed by atoms with van der Waals surface area (Å²) in [6.07, 6.45) is 5.55. The molecule has 0 atom stereocenters. The van der Waals surface area contributed by atoms with Crippen molar-refractivity contribution in [2.45, 2.75) is 6.42 Å². The molecule has 0 saturated heterocycles. The molecule has 90 valence electrons. The van der Waals surface area contributed by atoms with E-state index in [2.05, 4.69) is 87.0 Å². The predicted octanol–water partition coefficient (Wildman–Crippen LogP) is 5.61. The summed E-state index contributed by atoms with van der Waals surface area (Å²) in [5, 5.41) is 0.